The minimum atomic E-state index is -0.387. The van der Waals surface area contributed by atoms with Crippen molar-refractivity contribution >= 4 is 40.7 Å². The normalized spacial score (nSPS) is 15.4. The Balaban J connectivity index is 1.66. The molecule has 1 aliphatic heterocycles. The lowest BCUT2D eigenvalue weighted by atomic mass is 9.96. The molecule has 5 rings (SSSR count). The van der Waals surface area contributed by atoms with Crippen LogP contribution in [0.1, 0.15) is 33.2 Å². The Labute approximate surface area is 193 Å². The number of rotatable bonds is 4. The van der Waals surface area contributed by atoms with Gasteiger partial charge in [-0.2, -0.15) is 5.10 Å². The molecule has 1 N–H and O–H groups in total. The lowest BCUT2D eigenvalue weighted by Gasteiger charge is -2.26. The highest BCUT2D eigenvalue weighted by molar-refractivity contribution is 6.42. The number of benzene rings is 2. The number of aromatic nitrogens is 3. The van der Waals surface area contributed by atoms with Crippen LogP contribution in [0.15, 0.2) is 67.0 Å². The summed E-state index contributed by atoms with van der Waals surface area (Å²) in [6, 6.07) is 16.2. The molecule has 2 aromatic carbocycles. The van der Waals surface area contributed by atoms with Gasteiger partial charge < -0.3 is 4.90 Å². The summed E-state index contributed by atoms with van der Waals surface area (Å²) in [6.45, 7) is 0.389. The molecule has 0 bridgehead atoms. The zero-order valence-corrected chi connectivity index (χ0v) is 18.3. The molecule has 3 heterocycles. The first-order chi connectivity index (χ1) is 15.0. The largest absolute Gasteiger partial charge is 0.322 e. The molecule has 0 aliphatic carbocycles. The van der Waals surface area contributed by atoms with Gasteiger partial charge in [0.1, 0.15) is 5.69 Å². The summed E-state index contributed by atoms with van der Waals surface area (Å²) in [7, 11) is 0. The highest BCUT2D eigenvalue weighted by Crippen LogP contribution is 2.44. The van der Waals surface area contributed by atoms with Gasteiger partial charge in [0.05, 0.1) is 21.8 Å². The van der Waals surface area contributed by atoms with Crippen LogP contribution >= 0.6 is 34.8 Å². The number of carbonyl (C=O) groups excluding carboxylic acids is 1. The molecule has 1 amide bonds. The zero-order valence-electron chi connectivity index (χ0n) is 16.0. The van der Waals surface area contributed by atoms with Gasteiger partial charge in [0, 0.05) is 35.1 Å². The predicted octanol–water partition coefficient (Wildman–Crippen LogP) is 6.18. The molecule has 5 nitrogen and oxygen atoms in total. The van der Waals surface area contributed by atoms with Crippen molar-refractivity contribution in [3.8, 4) is 11.3 Å². The van der Waals surface area contributed by atoms with E-state index in [0.717, 1.165) is 22.3 Å². The smallest absolute Gasteiger partial charge is 0.273 e. The van der Waals surface area contributed by atoms with Crippen LogP contribution in [0.4, 0.5) is 0 Å². The summed E-state index contributed by atoms with van der Waals surface area (Å²) in [6.07, 6.45) is 3.46. The van der Waals surface area contributed by atoms with Crippen molar-refractivity contribution in [3.63, 3.8) is 0 Å². The molecule has 0 spiro atoms. The number of hydrogen-bond acceptors (Lipinski definition) is 3. The minimum Gasteiger partial charge on any atom is -0.322 e. The van der Waals surface area contributed by atoms with Crippen molar-refractivity contribution in [2.24, 2.45) is 0 Å². The second-order valence-electron chi connectivity index (χ2n) is 7.24. The van der Waals surface area contributed by atoms with Gasteiger partial charge in [-0.05, 0) is 41.5 Å². The molecule has 8 heteroatoms. The molecule has 0 saturated carbocycles. The molecular formula is C23H15Cl3N4O. The van der Waals surface area contributed by atoms with E-state index in [-0.39, 0.29) is 11.9 Å². The van der Waals surface area contributed by atoms with E-state index in [2.05, 4.69) is 15.2 Å². The quantitative estimate of drug-likeness (QED) is 0.388. The molecule has 0 saturated heterocycles. The van der Waals surface area contributed by atoms with Gasteiger partial charge >= 0.3 is 0 Å². The first-order valence-electron chi connectivity index (χ1n) is 9.52. The SMILES string of the molecule is O=C1c2[nH]nc(-c3ccc(Cl)cc3)c2C(c2ccc(Cl)c(Cl)c2)N1Cc1cccnc1. The van der Waals surface area contributed by atoms with Crippen LogP contribution in [0.5, 0.6) is 0 Å². The first kappa shape index (κ1) is 20.1. The highest BCUT2D eigenvalue weighted by Gasteiger charge is 2.42. The maximum absolute atomic E-state index is 13.4. The summed E-state index contributed by atoms with van der Waals surface area (Å²) in [5.74, 6) is -0.136. The van der Waals surface area contributed by atoms with Gasteiger partial charge in [-0.25, -0.2) is 0 Å². The van der Waals surface area contributed by atoms with Crippen LogP contribution in [0.25, 0.3) is 11.3 Å². The maximum Gasteiger partial charge on any atom is 0.273 e. The number of hydrogen-bond donors (Lipinski definition) is 1. The molecule has 1 unspecified atom stereocenters. The highest BCUT2D eigenvalue weighted by atomic mass is 35.5. The Morgan fingerprint density at radius 1 is 1.00 bits per heavy atom. The number of nitrogens with zero attached hydrogens (tertiary/aromatic N) is 3. The van der Waals surface area contributed by atoms with Crippen LogP contribution in [-0.2, 0) is 6.54 Å². The average molecular weight is 470 g/mol. The maximum atomic E-state index is 13.4. The van der Waals surface area contributed by atoms with Gasteiger partial charge in [-0.3, -0.25) is 14.9 Å². The second kappa shape index (κ2) is 8.00. The number of aromatic amines is 1. The van der Waals surface area contributed by atoms with Crippen molar-refractivity contribution in [2.75, 3.05) is 0 Å². The lowest BCUT2D eigenvalue weighted by Crippen LogP contribution is -2.29. The topological polar surface area (TPSA) is 61.9 Å². The summed E-state index contributed by atoms with van der Waals surface area (Å²) in [5.41, 5.74) is 4.60. The number of pyridine rings is 1. The number of H-pyrrole nitrogens is 1. The lowest BCUT2D eigenvalue weighted by molar-refractivity contribution is 0.0730. The van der Waals surface area contributed by atoms with Gasteiger partial charge in [0.15, 0.2) is 0 Å². The Morgan fingerprint density at radius 3 is 2.52 bits per heavy atom. The number of nitrogens with one attached hydrogen (secondary N) is 1. The van der Waals surface area contributed by atoms with E-state index in [0.29, 0.717) is 33.0 Å². The van der Waals surface area contributed by atoms with E-state index < -0.39 is 0 Å². The summed E-state index contributed by atoms with van der Waals surface area (Å²) < 4.78 is 0. The van der Waals surface area contributed by atoms with Crippen LogP contribution in [0.2, 0.25) is 15.1 Å². The molecule has 4 aromatic rings. The summed E-state index contributed by atoms with van der Waals surface area (Å²) in [4.78, 5) is 19.4. The molecule has 154 valence electrons. The second-order valence-corrected chi connectivity index (χ2v) is 8.49. The molecule has 1 aliphatic rings. The number of carbonyl (C=O) groups is 1. The Hall–Kier alpha value is -2.86. The molecular weight excluding hydrogens is 455 g/mol. The van der Waals surface area contributed by atoms with E-state index >= 15 is 0 Å². The van der Waals surface area contributed by atoms with Crippen molar-refractivity contribution in [2.45, 2.75) is 12.6 Å². The molecule has 0 fully saturated rings. The molecule has 0 radical (unpaired) electrons. The fraction of sp³-hybridized carbons (Fsp3) is 0.0870. The minimum absolute atomic E-state index is 0.136. The van der Waals surface area contributed by atoms with Crippen molar-refractivity contribution in [1.29, 1.82) is 0 Å². The fourth-order valence-corrected chi connectivity index (χ4v) is 4.34. The number of fused-ring (bicyclic) bond motifs is 1. The molecule has 2 aromatic heterocycles. The third-order valence-corrected chi connectivity index (χ3v) is 6.31. The monoisotopic (exact) mass is 468 g/mol. The molecule has 31 heavy (non-hydrogen) atoms. The van der Waals surface area contributed by atoms with E-state index in [1.807, 2.05) is 30.3 Å². The summed E-state index contributed by atoms with van der Waals surface area (Å²) >= 11 is 18.5. The van der Waals surface area contributed by atoms with Crippen LogP contribution in [-0.4, -0.2) is 26.0 Å². The zero-order chi connectivity index (χ0) is 21.5. The fourth-order valence-electron chi connectivity index (χ4n) is 3.90. The van der Waals surface area contributed by atoms with Crippen molar-refractivity contribution in [3.05, 3.63) is 104 Å². The van der Waals surface area contributed by atoms with Crippen molar-refractivity contribution in [1.82, 2.24) is 20.1 Å². The van der Waals surface area contributed by atoms with E-state index in [1.165, 1.54) is 0 Å². The van der Waals surface area contributed by atoms with E-state index in [9.17, 15) is 4.79 Å². The average Bonchev–Trinajstić information content (AvgIpc) is 3.31. The third kappa shape index (κ3) is 3.59. The first-order valence-corrected chi connectivity index (χ1v) is 10.7. The summed E-state index contributed by atoms with van der Waals surface area (Å²) in [5, 5.41) is 8.92. The Bertz CT molecular complexity index is 1270. The third-order valence-electron chi connectivity index (χ3n) is 5.32. The van der Waals surface area contributed by atoms with Crippen LogP contribution < -0.4 is 0 Å². The van der Waals surface area contributed by atoms with Crippen LogP contribution in [0.3, 0.4) is 0 Å². The molecule has 1 atom stereocenters. The van der Waals surface area contributed by atoms with Gasteiger partial charge in [0.2, 0.25) is 0 Å². The van der Waals surface area contributed by atoms with E-state index in [4.69, 9.17) is 34.8 Å². The van der Waals surface area contributed by atoms with E-state index in [1.54, 1.807) is 41.6 Å². The van der Waals surface area contributed by atoms with Gasteiger partial charge in [0.25, 0.3) is 5.91 Å². The van der Waals surface area contributed by atoms with Crippen LogP contribution in [0, 0.1) is 0 Å². The van der Waals surface area contributed by atoms with Crippen molar-refractivity contribution < 1.29 is 4.79 Å². The Morgan fingerprint density at radius 2 is 1.81 bits per heavy atom. The number of halogens is 3. The predicted molar refractivity (Wildman–Crippen MR) is 121 cm³/mol. The van der Waals surface area contributed by atoms with Gasteiger partial charge in [-0.15, -0.1) is 0 Å². The standard InChI is InChI=1S/C23H15Cl3N4O/c24-16-6-3-14(4-7-16)20-19-21(29-28-20)23(31)30(12-13-2-1-9-27-11-13)22(19)15-5-8-17(25)18(26)10-15/h1-11,22H,12H2,(H,28,29). The Kier molecular flexibility index (Phi) is 5.18. The number of amides is 1. The van der Waals surface area contributed by atoms with Gasteiger partial charge in [-0.1, -0.05) is 59.1 Å².